The van der Waals surface area contributed by atoms with Crippen LogP contribution >= 0.6 is 11.3 Å². The van der Waals surface area contributed by atoms with Gasteiger partial charge in [0.05, 0.1) is 22.3 Å². The summed E-state index contributed by atoms with van der Waals surface area (Å²) in [6, 6.07) is 2.62. The number of nitrogens with zero attached hydrogens (tertiary/aromatic N) is 1. The first-order valence-electron chi connectivity index (χ1n) is 5.93. The molecule has 1 heterocycles. The molecule has 0 atom stereocenters. The molecule has 0 aliphatic rings. The summed E-state index contributed by atoms with van der Waals surface area (Å²) in [5.41, 5.74) is 1.30. The van der Waals surface area contributed by atoms with E-state index in [9.17, 15) is 18.0 Å². The van der Waals surface area contributed by atoms with Crippen molar-refractivity contribution in [3.8, 4) is 0 Å². The molecule has 1 aromatic carbocycles. The molecule has 0 aliphatic carbocycles. The standard InChI is InChI=1S/C13H11F3N2O2S/c14-13(15,16)8-1-2-11(10(5-8)12(19)20)17-4-3-9-6-21-7-18-9/h1-2,5-7,17H,3-4H2,(H,19,20). The van der Waals surface area contributed by atoms with Crippen LogP contribution in [0.2, 0.25) is 0 Å². The minimum atomic E-state index is -4.57. The molecule has 2 rings (SSSR count). The molecule has 2 aromatic rings. The smallest absolute Gasteiger partial charge is 0.416 e. The maximum Gasteiger partial charge on any atom is 0.416 e. The summed E-state index contributed by atoms with van der Waals surface area (Å²) in [5, 5.41) is 13.7. The fraction of sp³-hybridized carbons (Fsp3) is 0.231. The Bertz CT molecular complexity index is 627. The van der Waals surface area contributed by atoms with Crippen LogP contribution < -0.4 is 5.32 Å². The predicted octanol–water partition coefficient (Wildman–Crippen LogP) is 3.51. The van der Waals surface area contributed by atoms with Gasteiger partial charge >= 0.3 is 12.1 Å². The molecule has 0 radical (unpaired) electrons. The summed E-state index contributed by atoms with van der Waals surface area (Å²) in [5.74, 6) is -1.41. The molecule has 0 unspecified atom stereocenters. The van der Waals surface area contributed by atoms with E-state index < -0.39 is 23.3 Å². The van der Waals surface area contributed by atoms with Crippen molar-refractivity contribution in [3.05, 3.63) is 45.9 Å². The van der Waals surface area contributed by atoms with Gasteiger partial charge in [-0.3, -0.25) is 0 Å². The van der Waals surface area contributed by atoms with Gasteiger partial charge in [-0.05, 0) is 18.2 Å². The van der Waals surface area contributed by atoms with E-state index in [1.807, 2.05) is 5.38 Å². The first-order valence-corrected chi connectivity index (χ1v) is 6.87. The number of aromatic nitrogens is 1. The van der Waals surface area contributed by atoms with E-state index in [0.29, 0.717) is 19.0 Å². The zero-order chi connectivity index (χ0) is 15.5. The minimum absolute atomic E-state index is 0.158. The highest BCUT2D eigenvalue weighted by Gasteiger charge is 2.31. The fourth-order valence-corrected chi connectivity index (χ4v) is 2.33. The van der Waals surface area contributed by atoms with Crippen molar-refractivity contribution in [3.63, 3.8) is 0 Å². The Hall–Kier alpha value is -2.09. The number of halogens is 3. The summed E-state index contributed by atoms with van der Waals surface area (Å²) in [6.07, 6.45) is -4.01. The molecule has 21 heavy (non-hydrogen) atoms. The van der Waals surface area contributed by atoms with Gasteiger partial charge < -0.3 is 10.4 Å². The van der Waals surface area contributed by atoms with Gasteiger partial charge in [-0.15, -0.1) is 11.3 Å². The van der Waals surface area contributed by atoms with Crippen LogP contribution in [-0.4, -0.2) is 22.6 Å². The first-order chi connectivity index (χ1) is 9.88. The molecule has 0 saturated heterocycles. The third-order valence-corrected chi connectivity index (χ3v) is 3.39. The van der Waals surface area contributed by atoms with Gasteiger partial charge in [0.15, 0.2) is 0 Å². The van der Waals surface area contributed by atoms with Crippen LogP contribution in [0, 0.1) is 0 Å². The fourth-order valence-electron chi connectivity index (χ4n) is 1.74. The van der Waals surface area contributed by atoms with Crippen LogP contribution in [0.3, 0.4) is 0 Å². The van der Waals surface area contributed by atoms with Crippen LogP contribution in [0.1, 0.15) is 21.6 Å². The Kier molecular flexibility index (Phi) is 4.46. The third kappa shape index (κ3) is 3.94. The Morgan fingerprint density at radius 1 is 1.38 bits per heavy atom. The first kappa shape index (κ1) is 15.3. The minimum Gasteiger partial charge on any atom is -0.478 e. The molecule has 0 aliphatic heterocycles. The number of anilines is 1. The van der Waals surface area contributed by atoms with Gasteiger partial charge in [0, 0.05) is 24.0 Å². The van der Waals surface area contributed by atoms with Crippen molar-refractivity contribution >= 4 is 23.0 Å². The second kappa shape index (κ2) is 6.13. The highest BCUT2D eigenvalue weighted by molar-refractivity contribution is 7.07. The number of carboxylic acid groups (broad SMARTS) is 1. The van der Waals surface area contributed by atoms with E-state index in [1.54, 1.807) is 5.51 Å². The van der Waals surface area contributed by atoms with Crippen LogP contribution in [-0.2, 0) is 12.6 Å². The molecule has 4 nitrogen and oxygen atoms in total. The van der Waals surface area contributed by atoms with Crippen molar-refractivity contribution in [1.82, 2.24) is 4.98 Å². The normalized spacial score (nSPS) is 11.4. The number of alkyl halides is 3. The molecule has 0 saturated carbocycles. The van der Waals surface area contributed by atoms with E-state index in [-0.39, 0.29) is 5.69 Å². The zero-order valence-electron chi connectivity index (χ0n) is 10.6. The number of hydrogen-bond acceptors (Lipinski definition) is 4. The second-order valence-corrected chi connectivity index (χ2v) is 4.94. The Labute approximate surface area is 122 Å². The number of nitrogens with one attached hydrogen (secondary N) is 1. The quantitative estimate of drug-likeness (QED) is 0.886. The highest BCUT2D eigenvalue weighted by atomic mass is 32.1. The average Bonchev–Trinajstić information content (AvgIpc) is 2.90. The third-order valence-electron chi connectivity index (χ3n) is 2.76. The zero-order valence-corrected chi connectivity index (χ0v) is 11.5. The summed E-state index contributed by atoms with van der Waals surface area (Å²) in [4.78, 5) is 15.1. The number of carbonyl (C=O) groups is 1. The van der Waals surface area contributed by atoms with E-state index in [2.05, 4.69) is 10.3 Å². The van der Waals surface area contributed by atoms with Gasteiger partial charge in [0.25, 0.3) is 0 Å². The lowest BCUT2D eigenvalue weighted by Gasteiger charge is -2.12. The summed E-state index contributed by atoms with van der Waals surface area (Å²) < 4.78 is 37.7. The van der Waals surface area contributed by atoms with Gasteiger partial charge in [0.2, 0.25) is 0 Å². The molecular formula is C13H11F3N2O2S. The molecule has 1 aromatic heterocycles. The summed E-state index contributed by atoms with van der Waals surface area (Å²) in [6.45, 7) is 0.384. The highest BCUT2D eigenvalue weighted by Crippen LogP contribution is 2.31. The number of carboxylic acids is 1. The van der Waals surface area contributed by atoms with Gasteiger partial charge in [-0.1, -0.05) is 0 Å². The summed E-state index contributed by atoms with van der Waals surface area (Å²) >= 11 is 1.44. The number of rotatable bonds is 5. The van der Waals surface area contributed by atoms with Crippen LogP contribution in [0.4, 0.5) is 18.9 Å². The molecule has 112 valence electrons. The molecule has 0 amide bonds. The van der Waals surface area contributed by atoms with Gasteiger partial charge in [-0.25, -0.2) is 9.78 Å². The lowest BCUT2D eigenvalue weighted by atomic mass is 10.1. The lowest BCUT2D eigenvalue weighted by Crippen LogP contribution is -2.12. The largest absolute Gasteiger partial charge is 0.478 e. The van der Waals surface area contributed by atoms with Gasteiger partial charge in [0.1, 0.15) is 0 Å². The lowest BCUT2D eigenvalue weighted by molar-refractivity contribution is -0.137. The van der Waals surface area contributed by atoms with Crippen molar-refractivity contribution in [1.29, 1.82) is 0 Å². The Morgan fingerprint density at radius 2 is 2.14 bits per heavy atom. The molecule has 0 spiro atoms. The molecule has 0 bridgehead atoms. The number of thiazole rings is 1. The van der Waals surface area contributed by atoms with Gasteiger partial charge in [-0.2, -0.15) is 13.2 Å². The topological polar surface area (TPSA) is 62.2 Å². The van der Waals surface area contributed by atoms with Crippen LogP contribution in [0.15, 0.2) is 29.1 Å². The van der Waals surface area contributed by atoms with Crippen LogP contribution in [0.25, 0.3) is 0 Å². The van der Waals surface area contributed by atoms with E-state index in [4.69, 9.17) is 5.11 Å². The van der Waals surface area contributed by atoms with E-state index in [0.717, 1.165) is 17.8 Å². The predicted molar refractivity (Wildman–Crippen MR) is 72.7 cm³/mol. The van der Waals surface area contributed by atoms with Crippen LogP contribution in [0.5, 0.6) is 0 Å². The Balaban J connectivity index is 2.13. The Morgan fingerprint density at radius 3 is 2.71 bits per heavy atom. The average molecular weight is 316 g/mol. The van der Waals surface area contributed by atoms with Crippen molar-refractivity contribution < 1.29 is 23.1 Å². The van der Waals surface area contributed by atoms with E-state index >= 15 is 0 Å². The van der Waals surface area contributed by atoms with Crippen molar-refractivity contribution in [2.75, 3.05) is 11.9 Å². The molecule has 2 N–H and O–H groups in total. The number of aromatic carboxylic acids is 1. The molecule has 8 heteroatoms. The van der Waals surface area contributed by atoms with E-state index in [1.165, 1.54) is 11.3 Å². The van der Waals surface area contributed by atoms with Crippen molar-refractivity contribution in [2.45, 2.75) is 12.6 Å². The number of benzene rings is 1. The SMILES string of the molecule is O=C(O)c1cc(C(F)(F)F)ccc1NCCc1cscn1. The molecule has 0 fully saturated rings. The summed E-state index contributed by atoms with van der Waals surface area (Å²) in [7, 11) is 0. The second-order valence-electron chi connectivity index (χ2n) is 4.22. The molecular weight excluding hydrogens is 305 g/mol. The maximum absolute atomic E-state index is 12.6. The number of hydrogen-bond donors (Lipinski definition) is 2. The monoisotopic (exact) mass is 316 g/mol. The maximum atomic E-state index is 12.6. The van der Waals surface area contributed by atoms with Crippen molar-refractivity contribution in [2.24, 2.45) is 0 Å².